The van der Waals surface area contributed by atoms with E-state index in [1.165, 1.54) is 0 Å². The molecule has 1 saturated carbocycles. The van der Waals surface area contributed by atoms with Gasteiger partial charge >= 0.3 is 0 Å². The number of aliphatic hydroxyl groups is 1. The summed E-state index contributed by atoms with van der Waals surface area (Å²) in [4.78, 5) is 0. The second-order valence-electron chi connectivity index (χ2n) is 6.14. The van der Waals surface area contributed by atoms with Crippen molar-refractivity contribution in [1.82, 2.24) is 0 Å². The molecule has 1 aromatic carbocycles. The number of halogens is 1. The molecule has 2 rings (SSSR count). The summed E-state index contributed by atoms with van der Waals surface area (Å²) in [5.41, 5.74) is 7.06. The Balaban J connectivity index is 0.00000180. The number of aliphatic hydroxyl groups excluding tert-OH is 1. The van der Waals surface area contributed by atoms with Crippen LogP contribution in [0.3, 0.4) is 0 Å². The Bertz CT molecular complexity index is 401. The topological polar surface area (TPSA) is 55.5 Å². The van der Waals surface area contributed by atoms with Crippen molar-refractivity contribution in [2.75, 3.05) is 0 Å². The van der Waals surface area contributed by atoms with Crippen LogP contribution in [0.2, 0.25) is 19.6 Å². The largest absolute Gasteiger partial charge is 0.544 e. The van der Waals surface area contributed by atoms with Gasteiger partial charge in [-0.25, -0.2) is 0 Å². The van der Waals surface area contributed by atoms with Gasteiger partial charge in [0.25, 0.3) is 0 Å². The van der Waals surface area contributed by atoms with Gasteiger partial charge in [0.2, 0.25) is 8.32 Å². The molecule has 3 nitrogen and oxygen atoms in total. The third kappa shape index (κ3) is 4.80. The molecule has 5 heteroatoms. The summed E-state index contributed by atoms with van der Waals surface area (Å²) in [5, 5.41) is 10.0. The summed E-state index contributed by atoms with van der Waals surface area (Å²) in [6.07, 6.45) is 1.80. The number of rotatable bonds is 5. The molecule has 0 aromatic heterocycles. The molecule has 1 aromatic rings. The molecule has 1 fully saturated rings. The monoisotopic (exact) mass is 301 g/mol. The van der Waals surface area contributed by atoms with Gasteiger partial charge in [-0.1, -0.05) is 12.1 Å². The second-order valence-corrected chi connectivity index (χ2v) is 10.6. The van der Waals surface area contributed by atoms with Crippen molar-refractivity contribution in [3.05, 3.63) is 29.8 Å². The number of hydrogen-bond donors (Lipinski definition) is 2. The van der Waals surface area contributed by atoms with Gasteiger partial charge in [0, 0.05) is 0 Å². The summed E-state index contributed by atoms with van der Waals surface area (Å²) in [7, 11) is -1.55. The van der Waals surface area contributed by atoms with Gasteiger partial charge in [0.1, 0.15) is 5.75 Å². The SMILES string of the molecule is C[Si](C)(C)Oc1ccc([C@@H](N)[C@@H](O)C2CC2)cc1.Cl. The van der Waals surface area contributed by atoms with E-state index in [-0.39, 0.29) is 18.4 Å². The minimum absolute atomic E-state index is 0. The van der Waals surface area contributed by atoms with Gasteiger partial charge in [-0.15, -0.1) is 12.4 Å². The molecule has 19 heavy (non-hydrogen) atoms. The maximum Gasteiger partial charge on any atom is 0.242 e. The first-order chi connectivity index (χ1) is 8.37. The number of benzene rings is 1. The highest BCUT2D eigenvalue weighted by molar-refractivity contribution is 6.70. The Morgan fingerprint density at radius 3 is 2.16 bits per heavy atom. The van der Waals surface area contributed by atoms with Crippen molar-refractivity contribution < 1.29 is 9.53 Å². The zero-order chi connectivity index (χ0) is 13.3. The maximum absolute atomic E-state index is 10.0. The second kappa shape index (κ2) is 6.26. The average Bonchev–Trinajstić information content (AvgIpc) is 3.10. The van der Waals surface area contributed by atoms with Crippen molar-refractivity contribution in [2.24, 2.45) is 11.7 Å². The highest BCUT2D eigenvalue weighted by atomic mass is 35.5. The van der Waals surface area contributed by atoms with Gasteiger partial charge in [-0.2, -0.15) is 0 Å². The molecule has 0 heterocycles. The lowest BCUT2D eigenvalue weighted by Crippen LogP contribution is -2.29. The van der Waals surface area contributed by atoms with Gasteiger partial charge in [0.05, 0.1) is 12.1 Å². The smallest absolute Gasteiger partial charge is 0.242 e. The summed E-state index contributed by atoms with van der Waals surface area (Å²) in [5.74, 6) is 1.30. The molecular weight excluding hydrogens is 278 g/mol. The maximum atomic E-state index is 10.0. The predicted octanol–water partition coefficient (Wildman–Crippen LogP) is 3.09. The van der Waals surface area contributed by atoms with E-state index >= 15 is 0 Å². The first-order valence-electron chi connectivity index (χ1n) is 6.59. The fourth-order valence-corrected chi connectivity index (χ4v) is 2.88. The Labute approximate surface area is 122 Å². The fourth-order valence-electron chi connectivity index (χ4n) is 2.04. The van der Waals surface area contributed by atoms with E-state index in [0.717, 1.165) is 24.2 Å². The zero-order valence-corrected chi connectivity index (χ0v) is 13.6. The highest BCUT2D eigenvalue weighted by Gasteiger charge is 2.34. The predicted molar refractivity (Wildman–Crippen MR) is 83.3 cm³/mol. The van der Waals surface area contributed by atoms with Crippen LogP contribution in [0.1, 0.15) is 24.4 Å². The van der Waals surface area contributed by atoms with Gasteiger partial charge in [-0.05, 0) is 56.1 Å². The molecule has 0 aliphatic heterocycles. The van der Waals surface area contributed by atoms with Crippen molar-refractivity contribution in [2.45, 2.75) is 44.6 Å². The highest BCUT2D eigenvalue weighted by Crippen LogP contribution is 2.37. The molecule has 0 spiro atoms. The van der Waals surface area contributed by atoms with E-state index in [1.54, 1.807) is 0 Å². The third-order valence-electron chi connectivity index (χ3n) is 3.16. The summed E-state index contributed by atoms with van der Waals surface area (Å²) >= 11 is 0. The Morgan fingerprint density at radius 2 is 1.74 bits per heavy atom. The van der Waals surface area contributed by atoms with Crippen LogP contribution in [0, 0.1) is 5.92 Å². The third-order valence-corrected chi connectivity index (χ3v) is 4.01. The van der Waals surface area contributed by atoms with Crippen LogP contribution in [0.15, 0.2) is 24.3 Å². The molecule has 0 bridgehead atoms. The molecule has 2 atom stereocenters. The van der Waals surface area contributed by atoms with E-state index in [2.05, 4.69) is 19.6 Å². The minimum Gasteiger partial charge on any atom is -0.544 e. The van der Waals surface area contributed by atoms with Crippen molar-refractivity contribution in [1.29, 1.82) is 0 Å². The van der Waals surface area contributed by atoms with Crippen LogP contribution in [0.25, 0.3) is 0 Å². The Kier molecular flexibility index (Phi) is 5.44. The van der Waals surface area contributed by atoms with Crippen LogP contribution < -0.4 is 10.2 Å². The quantitative estimate of drug-likeness (QED) is 0.822. The molecule has 108 valence electrons. The van der Waals surface area contributed by atoms with E-state index in [9.17, 15) is 5.11 Å². The lowest BCUT2D eigenvalue weighted by atomic mass is 9.99. The molecule has 3 N–H and O–H groups in total. The van der Waals surface area contributed by atoms with Crippen LogP contribution in [-0.2, 0) is 0 Å². The number of nitrogens with two attached hydrogens (primary N) is 1. The standard InChI is InChI=1S/C14H23NO2Si.ClH/c1-18(2,3)17-12-8-6-10(7-9-12)13(15)14(16)11-4-5-11;/h6-9,11,13-14,16H,4-5,15H2,1-3H3;1H/t13-,14+;/m1./s1. The lowest BCUT2D eigenvalue weighted by Gasteiger charge is -2.21. The van der Waals surface area contributed by atoms with E-state index < -0.39 is 14.4 Å². The molecule has 0 amide bonds. The van der Waals surface area contributed by atoms with Crippen molar-refractivity contribution >= 4 is 20.7 Å². The van der Waals surface area contributed by atoms with Gasteiger partial charge < -0.3 is 15.3 Å². The Hall–Kier alpha value is -0.553. The van der Waals surface area contributed by atoms with E-state index in [1.807, 2.05) is 24.3 Å². The fraction of sp³-hybridized carbons (Fsp3) is 0.571. The van der Waals surface area contributed by atoms with Crippen molar-refractivity contribution in [3.63, 3.8) is 0 Å². The lowest BCUT2D eigenvalue weighted by molar-refractivity contribution is 0.122. The summed E-state index contributed by atoms with van der Waals surface area (Å²) in [6, 6.07) is 7.55. The van der Waals surface area contributed by atoms with E-state index in [0.29, 0.717) is 5.92 Å². The number of hydrogen-bond acceptors (Lipinski definition) is 3. The minimum atomic E-state index is -1.55. The molecule has 0 unspecified atom stereocenters. The Morgan fingerprint density at radius 1 is 1.21 bits per heavy atom. The molecular formula is C14H24ClNO2Si. The van der Waals surface area contributed by atoms with Crippen LogP contribution in [-0.4, -0.2) is 19.5 Å². The summed E-state index contributed by atoms with van der Waals surface area (Å²) < 4.78 is 5.89. The molecule has 1 aliphatic rings. The average molecular weight is 302 g/mol. The summed E-state index contributed by atoms with van der Waals surface area (Å²) in [6.45, 7) is 6.47. The first kappa shape index (κ1) is 16.5. The molecule has 0 radical (unpaired) electrons. The zero-order valence-electron chi connectivity index (χ0n) is 11.8. The molecule has 1 aliphatic carbocycles. The van der Waals surface area contributed by atoms with Crippen molar-refractivity contribution in [3.8, 4) is 5.75 Å². The van der Waals surface area contributed by atoms with Gasteiger partial charge in [-0.3, -0.25) is 0 Å². The van der Waals surface area contributed by atoms with E-state index in [4.69, 9.17) is 10.2 Å². The molecule has 0 saturated heterocycles. The van der Waals surface area contributed by atoms with Gasteiger partial charge in [0.15, 0.2) is 0 Å². The first-order valence-corrected chi connectivity index (χ1v) is 10.0. The normalized spacial score (nSPS) is 18.4. The van der Waals surface area contributed by atoms with Crippen LogP contribution in [0.5, 0.6) is 5.75 Å². The van der Waals surface area contributed by atoms with Crippen LogP contribution >= 0.6 is 12.4 Å². The van der Waals surface area contributed by atoms with Crippen LogP contribution in [0.4, 0.5) is 0 Å².